The molecule has 5 heteroatoms. The Morgan fingerprint density at radius 1 is 1.15 bits per heavy atom. The van der Waals surface area contributed by atoms with E-state index in [-0.39, 0.29) is 15.6 Å². The summed E-state index contributed by atoms with van der Waals surface area (Å²) in [6, 6.07) is 1.24. The number of aliphatic hydroxyl groups is 2. The van der Waals surface area contributed by atoms with Gasteiger partial charge in [-0.25, -0.2) is 8.78 Å². The lowest BCUT2D eigenvalue weighted by Gasteiger charge is -2.07. The molecule has 0 saturated carbocycles. The van der Waals surface area contributed by atoms with E-state index in [1.54, 1.807) is 0 Å². The van der Waals surface area contributed by atoms with Crippen molar-refractivity contribution in [1.82, 2.24) is 0 Å². The van der Waals surface area contributed by atoms with Gasteiger partial charge in [0.2, 0.25) is 0 Å². The fourth-order valence-electron chi connectivity index (χ4n) is 0.942. The van der Waals surface area contributed by atoms with Crippen LogP contribution >= 0.6 is 15.9 Å². The fourth-order valence-corrected chi connectivity index (χ4v) is 1.52. The maximum atomic E-state index is 13.0. The van der Waals surface area contributed by atoms with Gasteiger partial charge in [0.25, 0.3) is 0 Å². The summed E-state index contributed by atoms with van der Waals surface area (Å²) in [5, 5.41) is 17.3. The van der Waals surface area contributed by atoms with E-state index in [9.17, 15) is 8.78 Å². The number of hydrogen-bond acceptors (Lipinski definition) is 2. The summed E-state index contributed by atoms with van der Waals surface area (Å²) < 4.78 is 26.2. The zero-order valence-electron chi connectivity index (χ0n) is 6.52. The summed E-state index contributed by atoms with van der Waals surface area (Å²) in [4.78, 5) is 0. The van der Waals surface area contributed by atoms with Crippen molar-refractivity contribution >= 4 is 15.9 Å². The molecule has 1 rings (SSSR count). The molecule has 0 atom stereocenters. The topological polar surface area (TPSA) is 40.5 Å². The predicted octanol–water partition coefficient (Wildman–Crippen LogP) is 1.71. The average Bonchev–Trinajstić information content (AvgIpc) is 2.12. The zero-order valence-corrected chi connectivity index (χ0v) is 8.11. The molecule has 72 valence electrons. The van der Waals surface area contributed by atoms with Crippen LogP contribution in [0.4, 0.5) is 8.78 Å². The molecule has 0 fully saturated rings. The average molecular weight is 253 g/mol. The second kappa shape index (κ2) is 4.13. The smallest absolute Gasteiger partial charge is 0.165 e. The first kappa shape index (κ1) is 10.6. The lowest BCUT2D eigenvalue weighted by atomic mass is 10.1. The third-order valence-corrected chi connectivity index (χ3v) is 2.36. The second-order valence-electron chi connectivity index (χ2n) is 2.44. The van der Waals surface area contributed by atoms with Gasteiger partial charge in [-0.3, -0.25) is 0 Å². The first-order valence-electron chi connectivity index (χ1n) is 3.48. The van der Waals surface area contributed by atoms with Crippen molar-refractivity contribution < 1.29 is 19.0 Å². The molecule has 0 aromatic heterocycles. The highest BCUT2D eigenvalue weighted by Crippen LogP contribution is 2.25. The molecule has 0 heterocycles. The fraction of sp³-hybridized carbons (Fsp3) is 0.250. The maximum absolute atomic E-state index is 13.0. The second-order valence-corrected chi connectivity index (χ2v) is 3.29. The van der Waals surface area contributed by atoms with Gasteiger partial charge < -0.3 is 10.2 Å². The van der Waals surface area contributed by atoms with E-state index >= 15 is 0 Å². The van der Waals surface area contributed by atoms with Gasteiger partial charge in [-0.15, -0.1) is 0 Å². The molecule has 1 aromatic rings. The van der Waals surface area contributed by atoms with Crippen LogP contribution in [0.5, 0.6) is 0 Å². The summed E-state index contributed by atoms with van der Waals surface area (Å²) in [5.74, 6) is -2.24. The Balaban J connectivity index is 3.37. The highest BCUT2D eigenvalue weighted by atomic mass is 79.9. The van der Waals surface area contributed by atoms with Gasteiger partial charge in [-0.2, -0.15) is 0 Å². The van der Waals surface area contributed by atoms with Crippen LogP contribution in [0.1, 0.15) is 11.1 Å². The van der Waals surface area contributed by atoms with Crippen LogP contribution in [-0.4, -0.2) is 10.2 Å². The van der Waals surface area contributed by atoms with E-state index in [2.05, 4.69) is 15.9 Å². The third kappa shape index (κ3) is 1.87. The SMILES string of the molecule is OCc1cc(Br)c(CO)c(F)c1F. The van der Waals surface area contributed by atoms with Crippen molar-refractivity contribution in [3.05, 3.63) is 33.3 Å². The minimum atomic E-state index is -1.12. The third-order valence-electron chi connectivity index (χ3n) is 1.66. The molecule has 0 aliphatic rings. The molecule has 2 N–H and O–H groups in total. The van der Waals surface area contributed by atoms with E-state index in [0.717, 1.165) is 0 Å². The number of hydrogen-bond donors (Lipinski definition) is 2. The van der Waals surface area contributed by atoms with E-state index in [4.69, 9.17) is 10.2 Å². The Labute approximate surface area is 81.9 Å². The number of rotatable bonds is 2. The van der Waals surface area contributed by atoms with Crippen LogP contribution < -0.4 is 0 Å². The van der Waals surface area contributed by atoms with Crippen LogP contribution in [0.3, 0.4) is 0 Å². The molecule has 2 nitrogen and oxygen atoms in total. The monoisotopic (exact) mass is 252 g/mol. The Bertz CT molecular complexity index is 328. The van der Waals surface area contributed by atoms with Crippen molar-refractivity contribution in [2.24, 2.45) is 0 Å². The minimum Gasteiger partial charge on any atom is -0.392 e. The highest BCUT2D eigenvalue weighted by molar-refractivity contribution is 9.10. The van der Waals surface area contributed by atoms with Crippen molar-refractivity contribution in [3.63, 3.8) is 0 Å². The summed E-state index contributed by atoms with van der Waals surface area (Å²) in [6.07, 6.45) is 0. The van der Waals surface area contributed by atoms with E-state index < -0.39 is 24.8 Å². The van der Waals surface area contributed by atoms with Crippen molar-refractivity contribution in [3.8, 4) is 0 Å². The number of benzene rings is 1. The van der Waals surface area contributed by atoms with E-state index in [0.29, 0.717) is 0 Å². The molecule has 0 spiro atoms. The van der Waals surface area contributed by atoms with Gasteiger partial charge in [0.1, 0.15) is 0 Å². The molecule has 0 aliphatic carbocycles. The first-order chi connectivity index (χ1) is 6.11. The molecule has 0 saturated heterocycles. The van der Waals surface area contributed by atoms with Crippen LogP contribution in [0.25, 0.3) is 0 Å². The van der Waals surface area contributed by atoms with Gasteiger partial charge in [0.05, 0.1) is 13.2 Å². The Morgan fingerprint density at radius 3 is 2.23 bits per heavy atom. The predicted molar refractivity (Wildman–Crippen MR) is 45.9 cm³/mol. The zero-order chi connectivity index (χ0) is 10.0. The lowest BCUT2D eigenvalue weighted by molar-refractivity contribution is 0.263. The Hall–Kier alpha value is -0.520. The van der Waals surface area contributed by atoms with E-state index in [1.165, 1.54) is 6.07 Å². The van der Waals surface area contributed by atoms with Gasteiger partial charge in [0, 0.05) is 15.6 Å². The first-order valence-corrected chi connectivity index (χ1v) is 4.28. The summed E-state index contributed by atoms with van der Waals surface area (Å²) in [6.45, 7) is -1.16. The molecule has 0 radical (unpaired) electrons. The summed E-state index contributed by atoms with van der Waals surface area (Å²) in [7, 11) is 0. The van der Waals surface area contributed by atoms with Crippen LogP contribution in [0.2, 0.25) is 0 Å². The lowest BCUT2D eigenvalue weighted by Crippen LogP contribution is -2.01. The Kier molecular flexibility index (Phi) is 3.35. The van der Waals surface area contributed by atoms with Crippen molar-refractivity contribution in [1.29, 1.82) is 0 Å². The molecule has 0 unspecified atom stereocenters. The summed E-state index contributed by atoms with van der Waals surface area (Å²) in [5.41, 5.74) is -0.281. The van der Waals surface area contributed by atoms with Crippen LogP contribution in [-0.2, 0) is 13.2 Å². The van der Waals surface area contributed by atoms with Gasteiger partial charge >= 0.3 is 0 Å². The largest absolute Gasteiger partial charge is 0.392 e. The highest BCUT2D eigenvalue weighted by Gasteiger charge is 2.15. The van der Waals surface area contributed by atoms with Crippen LogP contribution in [0, 0.1) is 11.6 Å². The van der Waals surface area contributed by atoms with Crippen molar-refractivity contribution in [2.45, 2.75) is 13.2 Å². The Morgan fingerprint density at radius 2 is 1.77 bits per heavy atom. The van der Waals surface area contributed by atoms with Crippen molar-refractivity contribution in [2.75, 3.05) is 0 Å². The molecular formula is C8H7BrF2O2. The summed E-state index contributed by atoms with van der Waals surface area (Å²) >= 11 is 2.96. The molecule has 13 heavy (non-hydrogen) atoms. The maximum Gasteiger partial charge on any atom is 0.165 e. The molecule has 1 aromatic carbocycles. The number of aliphatic hydroxyl groups excluding tert-OH is 2. The van der Waals surface area contributed by atoms with E-state index in [1.807, 2.05) is 0 Å². The molecule has 0 aliphatic heterocycles. The van der Waals surface area contributed by atoms with Gasteiger partial charge in [-0.1, -0.05) is 15.9 Å². The van der Waals surface area contributed by atoms with Gasteiger partial charge in [0.15, 0.2) is 11.6 Å². The molecule has 0 bridgehead atoms. The number of halogens is 3. The normalized spacial score (nSPS) is 10.5. The van der Waals surface area contributed by atoms with Crippen LogP contribution in [0.15, 0.2) is 10.5 Å². The molecule has 0 amide bonds. The molecular weight excluding hydrogens is 246 g/mol. The standard InChI is InChI=1S/C8H7BrF2O2/c9-6-1-4(2-12)7(10)8(11)5(6)3-13/h1,12-13H,2-3H2. The minimum absolute atomic E-state index is 0.137. The quantitative estimate of drug-likeness (QED) is 0.787. The van der Waals surface area contributed by atoms with Gasteiger partial charge in [-0.05, 0) is 6.07 Å².